The molecule has 3 heteroatoms. The summed E-state index contributed by atoms with van der Waals surface area (Å²) in [6.07, 6.45) is 7.23. The normalized spacial score (nSPS) is 21.7. The van der Waals surface area contributed by atoms with Crippen molar-refractivity contribution in [2.24, 2.45) is 0 Å². The molecule has 20 heavy (non-hydrogen) atoms. The molecular weight excluding hydrogens is 253 g/mol. The minimum atomic E-state index is -0.277. The standard InChI is InChI=1S/C17H18FNO/c1-4-5-6-15-12(2)19(3)16(11-17(15)20)13-7-9-14(18)10-8-13/h4-12H,1-3H3/b5-4-,15-6+. The lowest BCUT2D eigenvalue weighted by atomic mass is 9.94. The van der Waals surface area contributed by atoms with E-state index < -0.39 is 0 Å². The minimum absolute atomic E-state index is 0.00743. The highest BCUT2D eigenvalue weighted by Crippen LogP contribution is 2.28. The Morgan fingerprint density at radius 2 is 1.90 bits per heavy atom. The SMILES string of the molecule is C/C=C\C=C1\C(=O)C=C(c2ccc(F)cc2)N(C)C1C. The molecule has 2 nitrogen and oxygen atoms in total. The van der Waals surface area contributed by atoms with Crippen LogP contribution < -0.4 is 0 Å². The number of halogens is 1. The summed E-state index contributed by atoms with van der Waals surface area (Å²) in [4.78, 5) is 14.3. The van der Waals surface area contributed by atoms with E-state index in [1.165, 1.54) is 12.1 Å². The van der Waals surface area contributed by atoms with Crippen LogP contribution in [0.2, 0.25) is 0 Å². The molecule has 0 amide bonds. The molecule has 104 valence electrons. The number of hydrogen-bond donors (Lipinski definition) is 0. The molecule has 1 aliphatic rings. The van der Waals surface area contributed by atoms with Crippen LogP contribution in [0.4, 0.5) is 4.39 Å². The third kappa shape index (κ3) is 2.72. The van der Waals surface area contributed by atoms with Gasteiger partial charge in [0.2, 0.25) is 0 Å². The van der Waals surface area contributed by atoms with Gasteiger partial charge in [-0.2, -0.15) is 0 Å². The van der Waals surface area contributed by atoms with E-state index >= 15 is 0 Å². The largest absolute Gasteiger partial charge is 0.367 e. The van der Waals surface area contributed by atoms with Gasteiger partial charge < -0.3 is 4.90 Å². The molecule has 1 aliphatic heterocycles. The van der Waals surface area contributed by atoms with E-state index in [0.29, 0.717) is 0 Å². The molecule has 1 aromatic carbocycles. The molecule has 0 saturated carbocycles. The molecule has 0 aromatic heterocycles. The zero-order valence-corrected chi connectivity index (χ0v) is 11.9. The lowest BCUT2D eigenvalue weighted by molar-refractivity contribution is -0.112. The number of nitrogens with zero attached hydrogens (tertiary/aromatic N) is 1. The van der Waals surface area contributed by atoms with Crippen LogP contribution in [-0.2, 0) is 4.79 Å². The molecule has 1 aromatic rings. The molecule has 0 spiro atoms. The molecule has 0 bridgehead atoms. The summed E-state index contributed by atoms with van der Waals surface area (Å²) < 4.78 is 13.0. The number of carbonyl (C=O) groups is 1. The average Bonchev–Trinajstić information content (AvgIpc) is 2.44. The first kappa shape index (κ1) is 14.3. The molecule has 1 heterocycles. The Morgan fingerprint density at radius 3 is 2.50 bits per heavy atom. The smallest absolute Gasteiger partial charge is 0.185 e. The highest BCUT2D eigenvalue weighted by atomic mass is 19.1. The number of benzene rings is 1. The molecule has 0 saturated heterocycles. The van der Waals surface area contributed by atoms with Crippen LogP contribution in [0, 0.1) is 5.82 Å². The van der Waals surface area contributed by atoms with Crippen LogP contribution >= 0.6 is 0 Å². The fourth-order valence-electron chi connectivity index (χ4n) is 2.26. The van der Waals surface area contributed by atoms with Gasteiger partial charge >= 0.3 is 0 Å². The second-order valence-electron chi connectivity index (χ2n) is 4.84. The number of likely N-dealkylation sites (N-methyl/N-ethyl adjacent to an activating group) is 1. The Kier molecular flexibility index (Phi) is 4.18. The molecule has 0 N–H and O–H groups in total. The van der Waals surface area contributed by atoms with Gasteiger partial charge in [0.05, 0.1) is 6.04 Å². The lowest BCUT2D eigenvalue weighted by Gasteiger charge is -2.34. The van der Waals surface area contributed by atoms with E-state index in [9.17, 15) is 9.18 Å². The predicted molar refractivity (Wildman–Crippen MR) is 79.5 cm³/mol. The zero-order valence-electron chi connectivity index (χ0n) is 11.9. The van der Waals surface area contributed by atoms with Crippen molar-refractivity contribution in [3.63, 3.8) is 0 Å². The third-order valence-corrected chi connectivity index (χ3v) is 3.57. The fraction of sp³-hybridized carbons (Fsp3) is 0.235. The van der Waals surface area contributed by atoms with Gasteiger partial charge in [-0.15, -0.1) is 0 Å². The van der Waals surface area contributed by atoms with Gasteiger partial charge in [0.15, 0.2) is 5.78 Å². The second-order valence-corrected chi connectivity index (χ2v) is 4.84. The second kappa shape index (κ2) is 5.87. The van der Waals surface area contributed by atoms with Gasteiger partial charge in [0.25, 0.3) is 0 Å². The number of ketones is 1. The predicted octanol–water partition coefficient (Wildman–Crippen LogP) is 3.57. The summed E-state index contributed by atoms with van der Waals surface area (Å²) in [6.45, 7) is 3.91. The molecule has 1 atom stereocenters. The Labute approximate surface area is 118 Å². The van der Waals surface area contributed by atoms with Gasteiger partial charge in [0.1, 0.15) is 5.82 Å². The summed E-state index contributed by atoms with van der Waals surface area (Å²) >= 11 is 0. The Balaban J connectivity index is 2.42. The van der Waals surface area contributed by atoms with Crippen LogP contribution in [0.5, 0.6) is 0 Å². The van der Waals surface area contributed by atoms with Crippen LogP contribution in [0.15, 0.2) is 54.1 Å². The highest BCUT2D eigenvalue weighted by Gasteiger charge is 2.27. The van der Waals surface area contributed by atoms with Crippen molar-refractivity contribution in [1.29, 1.82) is 0 Å². The Morgan fingerprint density at radius 1 is 1.25 bits per heavy atom. The Bertz CT molecular complexity index is 596. The molecule has 0 aliphatic carbocycles. The first-order valence-corrected chi connectivity index (χ1v) is 6.62. The van der Waals surface area contributed by atoms with Gasteiger partial charge in [-0.3, -0.25) is 4.79 Å². The molecular formula is C17H18FNO. The fourth-order valence-corrected chi connectivity index (χ4v) is 2.26. The van der Waals surface area contributed by atoms with Crippen LogP contribution in [-0.4, -0.2) is 23.8 Å². The molecule has 0 fully saturated rings. The summed E-state index contributed by atoms with van der Waals surface area (Å²) in [5.74, 6) is -0.270. The van der Waals surface area contributed by atoms with Gasteiger partial charge in [-0.25, -0.2) is 4.39 Å². The van der Waals surface area contributed by atoms with Crippen molar-refractivity contribution in [3.05, 3.63) is 65.5 Å². The van der Waals surface area contributed by atoms with E-state index in [2.05, 4.69) is 0 Å². The number of allylic oxidation sites excluding steroid dienone is 4. The van der Waals surface area contributed by atoms with E-state index in [0.717, 1.165) is 16.8 Å². The summed E-state index contributed by atoms with van der Waals surface area (Å²) in [5.41, 5.74) is 2.43. The quantitative estimate of drug-likeness (QED) is 0.766. The maximum absolute atomic E-state index is 13.0. The van der Waals surface area contributed by atoms with Crippen LogP contribution in [0.3, 0.4) is 0 Å². The van der Waals surface area contributed by atoms with Crippen LogP contribution in [0.25, 0.3) is 5.70 Å². The summed E-state index contributed by atoms with van der Waals surface area (Å²) in [5, 5.41) is 0. The van der Waals surface area contributed by atoms with Crippen molar-refractivity contribution in [1.82, 2.24) is 4.90 Å². The first-order chi connectivity index (χ1) is 9.54. The Hall–Kier alpha value is -2.16. The lowest BCUT2D eigenvalue weighted by Crippen LogP contribution is -2.36. The van der Waals surface area contributed by atoms with E-state index in [1.807, 2.05) is 44.0 Å². The first-order valence-electron chi connectivity index (χ1n) is 6.62. The minimum Gasteiger partial charge on any atom is -0.367 e. The molecule has 2 rings (SSSR count). The zero-order chi connectivity index (χ0) is 14.7. The van der Waals surface area contributed by atoms with Crippen molar-refractivity contribution in [3.8, 4) is 0 Å². The van der Waals surface area contributed by atoms with Crippen molar-refractivity contribution in [2.75, 3.05) is 7.05 Å². The van der Waals surface area contributed by atoms with Gasteiger partial charge in [0, 0.05) is 24.4 Å². The number of rotatable bonds is 2. The number of carbonyl (C=O) groups excluding carboxylic acids is 1. The summed E-state index contributed by atoms with van der Waals surface area (Å²) in [6, 6.07) is 6.19. The van der Waals surface area contributed by atoms with Crippen molar-refractivity contribution >= 4 is 11.5 Å². The maximum Gasteiger partial charge on any atom is 0.185 e. The van der Waals surface area contributed by atoms with E-state index in [-0.39, 0.29) is 17.6 Å². The van der Waals surface area contributed by atoms with Gasteiger partial charge in [-0.1, -0.05) is 18.2 Å². The summed E-state index contributed by atoms with van der Waals surface area (Å²) in [7, 11) is 1.94. The molecule has 1 unspecified atom stereocenters. The van der Waals surface area contributed by atoms with Gasteiger partial charge in [-0.05, 0) is 43.7 Å². The van der Waals surface area contributed by atoms with Crippen molar-refractivity contribution in [2.45, 2.75) is 19.9 Å². The third-order valence-electron chi connectivity index (χ3n) is 3.57. The average molecular weight is 271 g/mol. The maximum atomic E-state index is 13.0. The highest BCUT2D eigenvalue weighted by molar-refractivity contribution is 6.10. The number of hydrogen-bond acceptors (Lipinski definition) is 2. The van der Waals surface area contributed by atoms with Crippen molar-refractivity contribution < 1.29 is 9.18 Å². The van der Waals surface area contributed by atoms with E-state index in [1.54, 1.807) is 18.2 Å². The van der Waals surface area contributed by atoms with E-state index in [4.69, 9.17) is 0 Å². The van der Waals surface area contributed by atoms with Crippen LogP contribution in [0.1, 0.15) is 19.4 Å². The molecule has 0 radical (unpaired) electrons. The monoisotopic (exact) mass is 271 g/mol. The topological polar surface area (TPSA) is 20.3 Å².